The molecule has 0 spiro atoms. The number of nitrogens with zero attached hydrogens (tertiary/aromatic N) is 1. The van der Waals surface area contributed by atoms with Gasteiger partial charge in [0.05, 0.1) is 18.9 Å². The molecule has 1 heterocycles. The molecule has 0 fully saturated rings. The second-order valence-corrected chi connectivity index (χ2v) is 2.81. The van der Waals surface area contributed by atoms with E-state index in [0.717, 1.165) is 0 Å². The lowest BCUT2D eigenvalue weighted by Crippen LogP contribution is -1.98. The first-order chi connectivity index (χ1) is 6.07. The van der Waals surface area contributed by atoms with Gasteiger partial charge in [-0.25, -0.2) is 13.8 Å². The number of pyridine rings is 1. The second kappa shape index (κ2) is 3.87. The highest BCUT2D eigenvalue weighted by Gasteiger charge is 2.19. The molecule has 13 heavy (non-hydrogen) atoms. The van der Waals surface area contributed by atoms with Gasteiger partial charge in [0.2, 0.25) is 0 Å². The zero-order valence-electron chi connectivity index (χ0n) is 7.14. The van der Waals surface area contributed by atoms with Crippen molar-refractivity contribution in [1.82, 2.24) is 4.98 Å². The van der Waals surface area contributed by atoms with E-state index in [1.54, 1.807) is 0 Å². The Hall–Kier alpha value is -0.900. The van der Waals surface area contributed by atoms with Gasteiger partial charge in [-0.05, 0) is 12.5 Å². The van der Waals surface area contributed by atoms with Crippen molar-refractivity contribution in [2.45, 2.75) is 13.3 Å². The molecule has 0 unspecified atom stereocenters. The number of halogens is 3. The molecule has 0 aliphatic rings. The summed E-state index contributed by atoms with van der Waals surface area (Å²) in [6.45, 7) is 1.49. The molecule has 0 aliphatic heterocycles. The smallest absolute Gasteiger partial charge is 0.267 e. The maximum atomic E-state index is 12.5. The highest BCUT2D eigenvalue weighted by atomic mass is 35.5. The van der Waals surface area contributed by atoms with Crippen molar-refractivity contribution >= 4 is 11.6 Å². The Labute approximate surface area is 79.5 Å². The second-order valence-electron chi connectivity index (χ2n) is 2.46. The average molecular weight is 208 g/mol. The van der Waals surface area contributed by atoms with Crippen LogP contribution >= 0.6 is 11.6 Å². The third-order valence-electron chi connectivity index (χ3n) is 1.71. The fourth-order valence-electron chi connectivity index (χ4n) is 1.01. The normalized spacial score (nSPS) is 10.6. The first kappa shape index (κ1) is 10.2. The molecule has 1 rings (SSSR count). The summed E-state index contributed by atoms with van der Waals surface area (Å²) in [5.74, 6) is 0.0666. The van der Waals surface area contributed by atoms with Crippen molar-refractivity contribution in [2.75, 3.05) is 7.11 Å². The number of alkyl halides is 2. The van der Waals surface area contributed by atoms with E-state index in [9.17, 15) is 8.78 Å². The predicted molar refractivity (Wildman–Crippen MR) is 45.5 cm³/mol. The van der Waals surface area contributed by atoms with Gasteiger partial charge in [0.25, 0.3) is 6.43 Å². The zero-order chi connectivity index (χ0) is 10.0. The fraction of sp³-hybridized carbons (Fsp3) is 0.375. The van der Waals surface area contributed by atoms with Gasteiger partial charge in [-0.3, -0.25) is 0 Å². The van der Waals surface area contributed by atoms with E-state index in [1.807, 2.05) is 0 Å². The minimum Gasteiger partial charge on any atom is -0.495 e. The van der Waals surface area contributed by atoms with Crippen LogP contribution in [0.5, 0.6) is 5.75 Å². The summed E-state index contributed by atoms with van der Waals surface area (Å²) in [7, 11) is 1.32. The molecule has 0 radical (unpaired) electrons. The van der Waals surface area contributed by atoms with Crippen molar-refractivity contribution in [3.63, 3.8) is 0 Å². The first-order valence-electron chi connectivity index (χ1n) is 3.55. The van der Waals surface area contributed by atoms with Crippen LogP contribution in [0.3, 0.4) is 0 Å². The number of ether oxygens (including phenoxy) is 1. The summed E-state index contributed by atoms with van der Waals surface area (Å²) in [6, 6.07) is 0. The van der Waals surface area contributed by atoms with Crippen LogP contribution < -0.4 is 4.74 Å². The van der Waals surface area contributed by atoms with Gasteiger partial charge in [-0.2, -0.15) is 0 Å². The summed E-state index contributed by atoms with van der Waals surface area (Å²) in [5, 5.41) is 0.0797. The van der Waals surface area contributed by atoms with Crippen molar-refractivity contribution in [2.24, 2.45) is 0 Å². The lowest BCUT2D eigenvalue weighted by Gasteiger charge is -2.10. The monoisotopic (exact) mass is 207 g/mol. The molecule has 0 saturated carbocycles. The zero-order valence-corrected chi connectivity index (χ0v) is 7.90. The minimum atomic E-state index is -2.60. The van der Waals surface area contributed by atoms with Gasteiger partial charge in [-0.1, -0.05) is 11.6 Å². The molecule has 72 valence electrons. The largest absolute Gasteiger partial charge is 0.495 e. The molecule has 0 N–H and O–H groups in total. The van der Waals surface area contributed by atoms with Gasteiger partial charge >= 0.3 is 0 Å². The van der Waals surface area contributed by atoms with Gasteiger partial charge in [0.1, 0.15) is 10.9 Å². The number of rotatable bonds is 2. The summed E-state index contributed by atoms with van der Waals surface area (Å²) in [5.41, 5.74) is 0.0681. The number of hydrogen-bond donors (Lipinski definition) is 0. The molecule has 0 bridgehead atoms. The Morgan fingerprint density at radius 2 is 2.15 bits per heavy atom. The molecule has 0 amide bonds. The highest BCUT2D eigenvalue weighted by Crippen LogP contribution is 2.33. The Kier molecular flexibility index (Phi) is 3.03. The van der Waals surface area contributed by atoms with Gasteiger partial charge < -0.3 is 4.74 Å². The Morgan fingerprint density at radius 1 is 1.54 bits per heavy atom. The van der Waals surface area contributed by atoms with E-state index in [-0.39, 0.29) is 22.0 Å². The van der Waals surface area contributed by atoms with E-state index in [2.05, 4.69) is 4.98 Å². The van der Waals surface area contributed by atoms with E-state index in [4.69, 9.17) is 16.3 Å². The minimum absolute atomic E-state index is 0.0666. The summed E-state index contributed by atoms with van der Waals surface area (Å²) in [4.78, 5) is 3.70. The van der Waals surface area contributed by atoms with Crippen LogP contribution in [0, 0.1) is 6.92 Å². The molecule has 0 saturated heterocycles. The van der Waals surface area contributed by atoms with E-state index >= 15 is 0 Å². The molecule has 0 atom stereocenters. The summed E-state index contributed by atoms with van der Waals surface area (Å²) in [6.07, 6.45) is -1.41. The molecule has 1 aromatic heterocycles. The van der Waals surface area contributed by atoms with Crippen LogP contribution in [-0.4, -0.2) is 12.1 Å². The number of aromatic nitrogens is 1. The maximum Gasteiger partial charge on any atom is 0.267 e. The third kappa shape index (κ3) is 1.88. The van der Waals surface area contributed by atoms with Crippen molar-refractivity contribution in [3.8, 4) is 5.75 Å². The van der Waals surface area contributed by atoms with Crippen molar-refractivity contribution in [1.29, 1.82) is 0 Å². The fourth-order valence-corrected chi connectivity index (χ4v) is 1.16. The third-order valence-corrected chi connectivity index (χ3v) is 2.09. The first-order valence-corrected chi connectivity index (χ1v) is 3.92. The van der Waals surface area contributed by atoms with Gasteiger partial charge in [0.15, 0.2) is 0 Å². The molecule has 2 nitrogen and oxygen atoms in total. The lowest BCUT2D eigenvalue weighted by atomic mass is 10.1. The Balaban J connectivity index is 3.32. The predicted octanol–water partition coefficient (Wildman–Crippen LogP) is 2.99. The van der Waals surface area contributed by atoms with Gasteiger partial charge in [0, 0.05) is 0 Å². The van der Waals surface area contributed by atoms with Crippen molar-refractivity contribution in [3.05, 3.63) is 22.5 Å². The number of methoxy groups -OCH3 is 1. The quantitative estimate of drug-likeness (QED) is 0.696. The maximum absolute atomic E-state index is 12.5. The van der Waals surface area contributed by atoms with Crippen LogP contribution in [0.2, 0.25) is 5.15 Å². The molecule has 0 aromatic carbocycles. The summed E-state index contributed by atoms with van der Waals surface area (Å²) < 4.78 is 29.7. The number of hydrogen-bond acceptors (Lipinski definition) is 2. The SMILES string of the molecule is COc1cnc(Cl)c(C)c1C(F)F. The standard InChI is InChI=1S/C8H8ClF2NO/c1-4-6(8(10)11)5(13-2)3-12-7(4)9/h3,8H,1-2H3. The molecular formula is C8H8ClF2NO. The van der Waals surface area contributed by atoms with E-state index < -0.39 is 6.43 Å². The summed E-state index contributed by atoms with van der Waals surface area (Å²) >= 11 is 5.59. The van der Waals surface area contributed by atoms with Crippen LogP contribution in [0.4, 0.5) is 8.78 Å². The molecule has 5 heteroatoms. The van der Waals surface area contributed by atoms with Crippen LogP contribution in [0.15, 0.2) is 6.20 Å². The topological polar surface area (TPSA) is 22.1 Å². The van der Waals surface area contributed by atoms with Crippen molar-refractivity contribution < 1.29 is 13.5 Å². The van der Waals surface area contributed by atoms with E-state index in [1.165, 1.54) is 20.2 Å². The Morgan fingerprint density at radius 3 is 2.62 bits per heavy atom. The molecular weight excluding hydrogens is 200 g/mol. The van der Waals surface area contributed by atoms with Crippen LogP contribution in [-0.2, 0) is 0 Å². The average Bonchev–Trinajstić information content (AvgIpc) is 2.08. The lowest BCUT2D eigenvalue weighted by molar-refractivity contribution is 0.146. The molecule has 1 aromatic rings. The van der Waals surface area contributed by atoms with Crippen LogP contribution in [0.25, 0.3) is 0 Å². The highest BCUT2D eigenvalue weighted by molar-refractivity contribution is 6.30. The van der Waals surface area contributed by atoms with Gasteiger partial charge in [-0.15, -0.1) is 0 Å². The molecule has 0 aliphatic carbocycles. The Bertz CT molecular complexity index is 317. The van der Waals surface area contributed by atoms with Crippen LogP contribution in [0.1, 0.15) is 17.6 Å². The van der Waals surface area contributed by atoms with E-state index in [0.29, 0.717) is 0 Å².